The second-order valence-corrected chi connectivity index (χ2v) is 5.97. The molecule has 17 heavy (non-hydrogen) atoms. The molecule has 0 bridgehead atoms. The minimum absolute atomic E-state index is 0.190. The Labute approximate surface area is 108 Å². The molecule has 2 rings (SSSR count). The molecule has 3 heteroatoms. The van der Waals surface area contributed by atoms with Gasteiger partial charge in [-0.25, -0.2) is 0 Å². The lowest BCUT2D eigenvalue weighted by atomic mass is 9.95. The Morgan fingerprint density at radius 1 is 1.35 bits per heavy atom. The van der Waals surface area contributed by atoms with Gasteiger partial charge in [-0.1, -0.05) is 18.2 Å². The first-order valence-electron chi connectivity index (χ1n) is 6.29. The molecule has 1 aromatic carbocycles. The van der Waals surface area contributed by atoms with Crippen LogP contribution < -0.4 is 5.32 Å². The minimum atomic E-state index is 0.190. The van der Waals surface area contributed by atoms with Crippen LogP contribution in [0, 0.1) is 0 Å². The summed E-state index contributed by atoms with van der Waals surface area (Å²) in [7, 11) is 0. The first-order valence-corrected chi connectivity index (χ1v) is 7.28. The van der Waals surface area contributed by atoms with Crippen molar-refractivity contribution in [3.05, 3.63) is 30.3 Å². The monoisotopic (exact) mass is 251 g/mol. The molecule has 1 aliphatic heterocycles. The summed E-state index contributed by atoms with van der Waals surface area (Å²) in [5.41, 5.74) is 0.190. The number of ether oxygens (including phenoxy) is 1. The van der Waals surface area contributed by atoms with Gasteiger partial charge in [-0.2, -0.15) is 0 Å². The second kappa shape index (κ2) is 6.43. The maximum atomic E-state index is 5.53. The van der Waals surface area contributed by atoms with E-state index in [2.05, 4.69) is 42.6 Å². The Morgan fingerprint density at radius 3 is 2.88 bits per heavy atom. The number of thioether (sulfide) groups is 1. The minimum Gasteiger partial charge on any atom is -0.380 e. The Kier molecular flexibility index (Phi) is 4.89. The third-order valence-electron chi connectivity index (χ3n) is 3.10. The van der Waals surface area contributed by atoms with Crippen molar-refractivity contribution in [3.8, 4) is 0 Å². The molecule has 0 amide bonds. The van der Waals surface area contributed by atoms with Crippen LogP contribution in [0.15, 0.2) is 35.2 Å². The molecular formula is C14H21NOS. The Bertz CT molecular complexity index is 322. The number of nitrogens with one attached hydrogen (secondary N) is 1. The van der Waals surface area contributed by atoms with Crippen molar-refractivity contribution < 1.29 is 4.74 Å². The zero-order valence-corrected chi connectivity index (χ0v) is 11.3. The SMILES string of the molecule is CC1(NCCSc2ccccc2)CCCOC1. The molecule has 1 atom stereocenters. The molecule has 0 aromatic heterocycles. The van der Waals surface area contributed by atoms with Gasteiger partial charge < -0.3 is 10.1 Å². The van der Waals surface area contributed by atoms with Crippen LogP contribution in [0.3, 0.4) is 0 Å². The molecule has 1 N–H and O–H groups in total. The van der Waals surface area contributed by atoms with Crippen molar-refractivity contribution in [2.24, 2.45) is 0 Å². The van der Waals surface area contributed by atoms with Crippen LogP contribution in [-0.2, 0) is 4.74 Å². The van der Waals surface area contributed by atoms with E-state index in [-0.39, 0.29) is 5.54 Å². The number of hydrogen-bond donors (Lipinski definition) is 1. The molecule has 1 heterocycles. The summed E-state index contributed by atoms with van der Waals surface area (Å²) in [6.45, 7) is 5.08. The van der Waals surface area contributed by atoms with E-state index in [0.29, 0.717) is 0 Å². The lowest BCUT2D eigenvalue weighted by molar-refractivity contribution is 0.0296. The summed E-state index contributed by atoms with van der Waals surface area (Å²) < 4.78 is 5.53. The van der Waals surface area contributed by atoms with Gasteiger partial charge in [-0.3, -0.25) is 0 Å². The lowest BCUT2D eigenvalue weighted by Crippen LogP contribution is -2.49. The second-order valence-electron chi connectivity index (χ2n) is 4.81. The van der Waals surface area contributed by atoms with Gasteiger partial charge in [-0.15, -0.1) is 11.8 Å². The van der Waals surface area contributed by atoms with Crippen LogP contribution in [-0.4, -0.2) is 31.1 Å². The zero-order chi connectivity index (χ0) is 12.0. The van der Waals surface area contributed by atoms with Crippen LogP contribution in [0.2, 0.25) is 0 Å². The maximum absolute atomic E-state index is 5.53. The van der Waals surface area contributed by atoms with Gasteiger partial charge in [-0.05, 0) is 31.9 Å². The largest absolute Gasteiger partial charge is 0.380 e. The summed E-state index contributed by atoms with van der Waals surface area (Å²) in [6.07, 6.45) is 2.40. The zero-order valence-electron chi connectivity index (χ0n) is 10.4. The molecule has 94 valence electrons. The first kappa shape index (κ1) is 12.9. The lowest BCUT2D eigenvalue weighted by Gasteiger charge is -2.34. The molecule has 0 radical (unpaired) electrons. The van der Waals surface area contributed by atoms with Crippen molar-refractivity contribution in [2.75, 3.05) is 25.5 Å². The van der Waals surface area contributed by atoms with Gasteiger partial charge in [0.25, 0.3) is 0 Å². The fourth-order valence-electron chi connectivity index (χ4n) is 2.11. The summed E-state index contributed by atoms with van der Waals surface area (Å²) >= 11 is 1.90. The Hall–Kier alpha value is -0.510. The molecule has 1 fully saturated rings. The predicted octanol–water partition coefficient (Wildman–Crippen LogP) is 2.94. The van der Waals surface area contributed by atoms with Crippen molar-refractivity contribution in [3.63, 3.8) is 0 Å². The van der Waals surface area contributed by atoms with E-state index in [1.165, 1.54) is 17.7 Å². The van der Waals surface area contributed by atoms with Gasteiger partial charge in [0.1, 0.15) is 0 Å². The molecule has 0 spiro atoms. The third kappa shape index (κ3) is 4.34. The quantitative estimate of drug-likeness (QED) is 0.642. The van der Waals surface area contributed by atoms with E-state index in [9.17, 15) is 0 Å². The maximum Gasteiger partial charge on any atom is 0.0645 e. The smallest absolute Gasteiger partial charge is 0.0645 e. The summed E-state index contributed by atoms with van der Waals surface area (Å²) in [4.78, 5) is 1.35. The molecule has 1 aliphatic rings. The topological polar surface area (TPSA) is 21.3 Å². The van der Waals surface area contributed by atoms with Crippen molar-refractivity contribution in [2.45, 2.75) is 30.2 Å². The number of rotatable bonds is 5. The van der Waals surface area contributed by atoms with Crippen molar-refractivity contribution >= 4 is 11.8 Å². The molecule has 0 saturated carbocycles. The normalized spacial score (nSPS) is 24.8. The van der Waals surface area contributed by atoms with Crippen LogP contribution >= 0.6 is 11.8 Å². The average Bonchev–Trinajstić information content (AvgIpc) is 2.37. The van der Waals surface area contributed by atoms with E-state index in [4.69, 9.17) is 4.74 Å². The van der Waals surface area contributed by atoms with Gasteiger partial charge in [0.15, 0.2) is 0 Å². The van der Waals surface area contributed by atoms with Crippen LogP contribution in [0.4, 0.5) is 0 Å². The van der Waals surface area contributed by atoms with Crippen molar-refractivity contribution in [1.82, 2.24) is 5.32 Å². The molecule has 1 saturated heterocycles. The Balaban J connectivity index is 1.66. The number of hydrogen-bond acceptors (Lipinski definition) is 3. The van der Waals surface area contributed by atoms with E-state index >= 15 is 0 Å². The van der Waals surface area contributed by atoms with E-state index in [1.54, 1.807) is 0 Å². The van der Waals surface area contributed by atoms with Gasteiger partial charge in [0.05, 0.1) is 6.61 Å². The van der Waals surface area contributed by atoms with Gasteiger partial charge in [0, 0.05) is 29.3 Å². The Morgan fingerprint density at radius 2 is 2.18 bits per heavy atom. The third-order valence-corrected chi connectivity index (χ3v) is 4.12. The standard InChI is InChI=1S/C14H21NOS/c1-14(8-5-10-16-12-14)15-9-11-17-13-6-3-2-4-7-13/h2-4,6-7,15H,5,8-12H2,1H3. The molecule has 0 aliphatic carbocycles. The summed E-state index contributed by atoms with van der Waals surface area (Å²) in [6, 6.07) is 10.6. The fraction of sp³-hybridized carbons (Fsp3) is 0.571. The van der Waals surface area contributed by atoms with Gasteiger partial charge in [0.2, 0.25) is 0 Å². The predicted molar refractivity (Wildman–Crippen MR) is 73.6 cm³/mol. The fourth-order valence-corrected chi connectivity index (χ4v) is 2.90. The molecule has 1 unspecified atom stereocenters. The summed E-state index contributed by atoms with van der Waals surface area (Å²) in [5, 5.41) is 3.62. The average molecular weight is 251 g/mol. The van der Waals surface area contributed by atoms with E-state index in [0.717, 1.165) is 25.5 Å². The first-order chi connectivity index (χ1) is 8.29. The molecular weight excluding hydrogens is 230 g/mol. The van der Waals surface area contributed by atoms with E-state index in [1.807, 2.05) is 11.8 Å². The van der Waals surface area contributed by atoms with Crippen molar-refractivity contribution in [1.29, 1.82) is 0 Å². The van der Waals surface area contributed by atoms with Crippen LogP contribution in [0.1, 0.15) is 19.8 Å². The highest BCUT2D eigenvalue weighted by atomic mass is 32.2. The highest BCUT2D eigenvalue weighted by Crippen LogP contribution is 2.19. The van der Waals surface area contributed by atoms with Gasteiger partial charge >= 0.3 is 0 Å². The van der Waals surface area contributed by atoms with Crippen LogP contribution in [0.5, 0.6) is 0 Å². The van der Waals surface area contributed by atoms with Crippen LogP contribution in [0.25, 0.3) is 0 Å². The highest BCUT2D eigenvalue weighted by molar-refractivity contribution is 7.99. The molecule has 2 nitrogen and oxygen atoms in total. The number of benzene rings is 1. The summed E-state index contributed by atoms with van der Waals surface area (Å²) in [5.74, 6) is 1.11. The highest BCUT2D eigenvalue weighted by Gasteiger charge is 2.26. The molecule has 1 aromatic rings. The van der Waals surface area contributed by atoms with E-state index < -0.39 is 0 Å².